The first-order valence-corrected chi connectivity index (χ1v) is 9.72. The highest BCUT2D eigenvalue weighted by molar-refractivity contribution is 9.10. The molecule has 9 heteroatoms. The molecule has 7 nitrogen and oxygen atoms in total. The van der Waals surface area contributed by atoms with E-state index in [0.29, 0.717) is 4.47 Å². The summed E-state index contributed by atoms with van der Waals surface area (Å²) >= 11 is 3.33. The van der Waals surface area contributed by atoms with Crippen molar-refractivity contribution >= 4 is 37.4 Å². The Balaban J connectivity index is 2.34. The molecular formula is C15H18BrN3O4S. The number of sulfone groups is 1. The van der Waals surface area contributed by atoms with Crippen molar-refractivity contribution < 1.29 is 18.3 Å². The van der Waals surface area contributed by atoms with Crippen molar-refractivity contribution in [3.05, 3.63) is 34.1 Å². The van der Waals surface area contributed by atoms with Gasteiger partial charge in [-0.05, 0) is 40.0 Å². The number of aromatic amines is 1. The lowest BCUT2D eigenvalue weighted by molar-refractivity contribution is 0.102. The Bertz CT molecular complexity index is 875. The topological polar surface area (TPSA) is 112 Å². The summed E-state index contributed by atoms with van der Waals surface area (Å²) in [5.74, 6) is -0.728. The van der Waals surface area contributed by atoms with Crippen LogP contribution in [0.1, 0.15) is 42.9 Å². The Morgan fingerprint density at radius 2 is 2.08 bits per heavy atom. The van der Waals surface area contributed by atoms with Crippen LogP contribution in [0.15, 0.2) is 27.6 Å². The van der Waals surface area contributed by atoms with Gasteiger partial charge < -0.3 is 10.4 Å². The second kappa shape index (κ2) is 6.94. The number of halogens is 1. The highest BCUT2D eigenvalue weighted by Gasteiger charge is 2.21. The average molecular weight is 416 g/mol. The molecule has 130 valence electrons. The highest BCUT2D eigenvalue weighted by atomic mass is 79.9. The van der Waals surface area contributed by atoms with E-state index in [2.05, 4.69) is 31.4 Å². The third-order valence-electron chi connectivity index (χ3n) is 3.48. The number of carbonyl (C=O) groups is 1. The number of rotatable bonds is 5. The third kappa shape index (κ3) is 3.62. The van der Waals surface area contributed by atoms with Crippen molar-refractivity contribution in [1.29, 1.82) is 0 Å². The number of aromatic hydroxyl groups is 1. The maximum absolute atomic E-state index is 12.4. The predicted molar refractivity (Wildman–Crippen MR) is 94.2 cm³/mol. The molecule has 0 unspecified atom stereocenters. The van der Waals surface area contributed by atoms with E-state index in [1.54, 1.807) is 0 Å². The maximum atomic E-state index is 12.4. The van der Waals surface area contributed by atoms with Crippen molar-refractivity contribution in [2.75, 3.05) is 11.1 Å². The van der Waals surface area contributed by atoms with Crippen LogP contribution < -0.4 is 5.32 Å². The van der Waals surface area contributed by atoms with Crippen LogP contribution in [0.3, 0.4) is 0 Å². The van der Waals surface area contributed by atoms with E-state index in [9.17, 15) is 18.3 Å². The minimum Gasteiger partial charge on any atom is -0.506 e. The molecule has 24 heavy (non-hydrogen) atoms. The summed E-state index contributed by atoms with van der Waals surface area (Å²) in [6, 6.07) is 3.76. The van der Waals surface area contributed by atoms with Crippen LogP contribution in [0.2, 0.25) is 0 Å². The zero-order valence-electron chi connectivity index (χ0n) is 13.4. The smallest absolute Gasteiger partial charge is 0.277 e. The quantitative estimate of drug-likeness (QED) is 0.649. The molecule has 1 aromatic heterocycles. The van der Waals surface area contributed by atoms with Crippen LogP contribution in [-0.4, -0.2) is 35.4 Å². The van der Waals surface area contributed by atoms with Crippen molar-refractivity contribution in [1.82, 2.24) is 10.2 Å². The van der Waals surface area contributed by atoms with Gasteiger partial charge in [-0.25, -0.2) is 8.42 Å². The van der Waals surface area contributed by atoms with Gasteiger partial charge in [0.25, 0.3) is 5.91 Å². The van der Waals surface area contributed by atoms with Crippen LogP contribution in [0.4, 0.5) is 5.69 Å². The fourth-order valence-electron chi connectivity index (χ4n) is 2.03. The minimum absolute atomic E-state index is 0.00974. The lowest BCUT2D eigenvalue weighted by atomic mass is 10.1. The Kier molecular flexibility index (Phi) is 5.34. The van der Waals surface area contributed by atoms with E-state index in [0.717, 1.165) is 5.69 Å². The number of anilines is 1. The number of nitrogens with one attached hydrogen (secondary N) is 2. The molecule has 0 aliphatic carbocycles. The van der Waals surface area contributed by atoms with Gasteiger partial charge in [-0.2, -0.15) is 5.10 Å². The largest absolute Gasteiger partial charge is 0.506 e. The van der Waals surface area contributed by atoms with E-state index < -0.39 is 15.7 Å². The van der Waals surface area contributed by atoms with Gasteiger partial charge in [-0.1, -0.05) is 20.8 Å². The Labute approximate surface area is 148 Å². The zero-order valence-corrected chi connectivity index (χ0v) is 15.8. The van der Waals surface area contributed by atoms with Gasteiger partial charge in [0.05, 0.1) is 26.5 Å². The molecule has 2 aromatic rings. The molecule has 0 radical (unpaired) electrons. The number of amides is 1. The fraction of sp³-hybridized carbons (Fsp3) is 0.333. The molecule has 2 rings (SSSR count). The third-order valence-corrected chi connectivity index (χ3v) is 6.02. The molecule has 1 aromatic carbocycles. The number of benzene rings is 1. The summed E-state index contributed by atoms with van der Waals surface area (Å²) in [5, 5.41) is 19.1. The van der Waals surface area contributed by atoms with E-state index in [4.69, 9.17) is 0 Å². The molecular weight excluding hydrogens is 398 g/mol. The molecule has 0 saturated carbocycles. The number of H-pyrrole nitrogens is 1. The molecule has 0 aliphatic rings. The van der Waals surface area contributed by atoms with E-state index in [1.165, 1.54) is 25.1 Å². The van der Waals surface area contributed by atoms with E-state index in [-0.39, 0.29) is 33.7 Å². The summed E-state index contributed by atoms with van der Waals surface area (Å²) in [7, 11) is -3.45. The normalized spacial score (nSPS) is 11.7. The first-order valence-electron chi connectivity index (χ1n) is 7.28. The molecule has 0 saturated heterocycles. The number of hydrogen-bond donors (Lipinski definition) is 3. The van der Waals surface area contributed by atoms with Gasteiger partial charge in [-0.3, -0.25) is 9.89 Å². The van der Waals surface area contributed by atoms with Crippen molar-refractivity contribution in [2.24, 2.45) is 0 Å². The number of aromatic nitrogens is 2. The van der Waals surface area contributed by atoms with Crippen LogP contribution >= 0.6 is 15.9 Å². The van der Waals surface area contributed by atoms with Gasteiger partial charge >= 0.3 is 0 Å². The second-order valence-electron chi connectivity index (χ2n) is 5.49. The molecule has 0 aliphatic heterocycles. The predicted octanol–water partition coefficient (Wildman–Crippen LogP) is 3.05. The summed E-state index contributed by atoms with van der Waals surface area (Å²) in [4.78, 5) is 12.4. The molecule has 0 spiro atoms. The first-order chi connectivity index (χ1) is 11.2. The number of carbonyl (C=O) groups excluding carboxylic acids is 1. The second-order valence-corrected chi connectivity index (χ2v) is 8.56. The molecule has 0 bridgehead atoms. The summed E-state index contributed by atoms with van der Waals surface area (Å²) in [5.41, 5.74) is 0.907. The van der Waals surface area contributed by atoms with E-state index >= 15 is 0 Å². The zero-order chi connectivity index (χ0) is 18.1. The Hall–Kier alpha value is -1.87. The van der Waals surface area contributed by atoms with Crippen LogP contribution in [0, 0.1) is 0 Å². The minimum atomic E-state index is -3.45. The number of phenols is 1. The van der Waals surface area contributed by atoms with Gasteiger partial charge in [0.2, 0.25) is 0 Å². The number of nitrogens with zero attached hydrogens (tertiary/aromatic N) is 1. The first kappa shape index (κ1) is 18.5. The standard InChI is InChI=1S/C15H18BrN3O4S/c1-4-24(22,23)9-5-6-11(20)10(7-9)17-15(21)14-12(16)13(8(2)3)18-19-14/h5-8,20H,4H2,1-3H3,(H,17,21)(H,18,19). The Morgan fingerprint density at radius 1 is 1.42 bits per heavy atom. The molecule has 1 amide bonds. The van der Waals surface area contributed by atoms with Crippen molar-refractivity contribution in [3.63, 3.8) is 0 Å². The van der Waals surface area contributed by atoms with Crippen molar-refractivity contribution in [3.8, 4) is 5.75 Å². The van der Waals surface area contributed by atoms with Crippen LogP contribution in [-0.2, 0) is 9.84 Å². The molecule has 0 atom stereocenters. The maximum Gasteiger partial charge on any atom is 0.277 e. The lowest BCUT2D eigenvalue weighted by Gasteiger charge is -2.09. The van der Waals surface area contributed by atoms with Gasteiger partial charge in [0.1, 0.15) is 5.75 Å². The van der Waals surface area contributed by atoms with Gasteiger partial charge in [0.15, 0.2) is 15.5 Å². The highest BCUT2D eigenvalue weighted by Crippen LogP contribution is 2.29. The number of phenolic OH excluding ortho intramolecular Hbond substituents is 1. The monoisotopic (exact) mass is 415 g/mol. The SMILES string of the molecule is CCS(=O)(=O)c1ccc(O)c(NC(=O)c2n[nH]c(C(C)C)c2Br)c1. The summed E-state index contributed by atoms with van der Waals surface area (Å²) in [6.07, 6.45) is 0. The average Bonchev–Trinajstić information content (AvgIpc) is 2.91. The summed E-state index contributed by atoms with van der Waals surface area (Å²) in [6.45, 7) is 5.42. The Morgan fingerprint density at radius 3 is 2.62 bits per heavy atom. The summed E-state index contributed by atoms with van der Waals surface area (Å²) < 4.78 is 24.4. The van der Waals surface area contributed by atoms with Crippen LogP contribution in [0.5, 0.6) is 5.75 Å². The van der Waals surface area contributed by atoms with Gasteiger partial charge in [-0.15, -0.1) is 0 Å². The fourth-order valence-corrected chi connectivity index (χ4v) is 3.75. The lowest BCUT2D eigenvalue weighted by Crippen LogP contribution is -2.14. The van der Waals surface area contributed by atoms with Crippen molar-refractivity contribution in [2.45, 2.75) is 31.6 Å². The molecule has 1 heterocycles. The van der Waals surface area contributed by atoms with E-state index in [1.807, 2.05) is 13.8 Å². The molecule has 3 N–H and O–H groups in total. The van der Waals surface area contributed by atoms with Crippen LogP contribution in [0.25, 0.3) is 0 Å². The molecule has 0 fully saturated rings. The number of hydrogen-bond acceptors (Lipinski definition) is 5. The van der Waals surface area contributed by atoms with Gasteiger partial charge in [0, 0.05) is 0 Å².